The van der Waals surface area contributed by atoms with E-state index in [2.05, 4.69) is 27.7 Å². The molecule has 2 nitrogen and oxygen atoms in total. The van der Waals surface area contributed by atoms with Crippen LogP contribution in [0.5, 0.6) is 0 Å². The van der Waals surface area contributed by atoms with E-state index in [-0.39, 0.29) is 0 Å². The standard InChI is InChI=1S/C11H8F3IN2/c12-11(13,14)9-3-2-8(7-15)10(6-9)17-5-1-4-16-17/h1-6H,7H2. The molecular formula is C11H8F3IN2. The van der Waals surface area contributed by atoms with E-state index in [1.165, 1.54) is 16.9 Å². The van der Waals surface area contributed by atoms with Crippen molar-refractivity contribution in [1.29, 1.82) is 0 Å². The Labute approximate surface area is 110 Å². The molecule has 17 heavy (non-hydrogen) atoms. The highest BCUT2D eigenvalue weighted by Crippen LogP contribution is 2.32. The van der Waals surface area contributed by atoms with E-state index < -0.39 is 11.7 Å². The first-order valence-electron chi connectivity index (χ1n) is 4.78. The van der Waals surface area contributed by atoms with E-state index >= 15 is 0 Å². The van der Waals surface area contributed by atoms with Gasteiger partial charge in [0.25, 0.3) is 0 Å². The summed E-state index contributed by atoms with van der Waals surface area (Å²) in [5, 5.41) is 3.96. The van der Waals surface area contributed by atoms with Crippen LogP contribution in [0.2, 0.25) is 0 Å². The van der Waals surface area contributed by atoms with Crippen molar-refractivity contribution in [2.45, 2.75) is 10.6 Å². The van der Waals surface area contributed by atoms with Gasteiger partial charge < -0.3 is 0 Å². The molecule has 0 spiro atoms. The molecule has 1 heterocycles. The van der Waals surface area contributed by atoms with Crippen LogP contribution in [-0.4, -0.2) is 9.78 Å². The maximum Gasteiger partial charge on any atom is 0.416 e. The van der Waals surface area contributed by atoms with Crippen LogP contribution in [0.1, 0.15) is 11.1 Å². The van der Waals surface area contributed by atoms with Gasteiger partial charge in [0.1, 0.15) is 0 Å². The van der Waals surface area contributed by atoms with E-state index in [4.69, 9.17) is 0 Å². The zero-order chi connectivity index (χ0) is 12.5. The van der Waals surface area contributed by atoms with Gasteiger partial charge in [-0.05, 0) is 23.8 Å². The van der Waals surface area contributed by atoms with E-state index in [0.717, 1.165) is 17.7 Å². The quantitative estimate of drug-likeness (QED) is 0.594. The molecule has 1 aromatic heterocycles. The molecule has 0 N–H and O–H groups in total. The zero-order valence-corrected chi connectivity index (χ0v) is 10.7. The van der Waals surface area contributed by atoms with Crippen LogP contribution >= 0.6 is 22.6 Å². The fourth-order valence-electron chi connectivity index (χ4n) is 1.48. The molecule has 6 heteroatoms. The van der Waals surface area contributed by atoms with Crippen molar-refractivity contribution < 1.29 is 13.2 Å². The van der Waals surface area contributed by atoms with Gasteiger partial charge in [0.15, 0.2) is 0 Å². The molecule has 90 valence electrons. The van der Waals surface area contributed by atoms with Crippen molar-refractivity contribution in [2.75, 3.05) is 0 Å². The number of nitrogens with zero attached hydrogens (tertiary/aromatic N) is 2. The van der Waals surface area contributed by atoms with Crippen molar-refractivity contribution >= 4 is 22.6 Å². The van der Waals surface area contributed by atoms with Gasteiger partial charge in [0.05, 0.1) is 11.3 Å². The average molecular weight is 352 g/mol. The molecule has 0 fully saturated rings. The Hall–Kier alpha value is -1.05. The third-order valence-corrected chi connectivity index (χ3v) is 3.13. The van der Waals surface area contributed by atoms with Gasteiger partial charge in [0.2, 0.25) is 0 Å². The van der Waals surface area contributed by atoms with Crippen molar-refractivity contribution in [2.24, 2.45) is 0 Å². The third-order valence-electron chi connectivity index (χ3n) is 2.31. The molecule has 0 radical (unpaired) electrons. The molecule has 0 saturated heterocycles. The van der Waals surface area contributed by atoms with Crippen molar-refractivity contribution in [3.05, 3.63) is 47.8 Å². The minimum absolute atomic E-state index is 0.472. The Morgan fingerprint density at radius 1 is 1.29 bits per heavy atom. The van der Waals surface area contributed by atoms with Gasteiger partial charge in [-0.25, -0.2) is 4.68 Å². The summed E-state index contributed by atoms with van der Waals surface area (Å²) in [6.45, 7) is 0. The number of halogens is 4. The second-order valence-corrected chi connectivity index (χ2v) is 4.19. The van der Waals surface area contributed by atoms with Crippen LogP contribution in [-0.2, 0) is 10.6 Å². The molecule has 0 amide bonds. The average Bonchev–Trinajstić information content (AvgIpc) is 2.80. The largest absolute Gasteiger partial charge is 0.416 e. The minimum atomic E-state index is -4.33. The molecular weight excluding hydrogens is 344 g/mol. The molecule has 0 aliphatic carbocycles. The maximum atomic E-state index is 12.6. The minimum Gasteiger partial charge on any atom is -0.241 e. The highest BCUT2D eigenvalue weighted by atomic mass is 127. The Morgan fingerprint density at radius 2 is 2.06 bits per heavy atom. The van der Waals surface area contributed by atoms with E-state index in [0.29, 0.717) is 10.1 Å². The first kappa shape index (κ1) is 12.4. The number of rotatable bonds is 2. The molecule has 0 unspecified atom stereocenters. The molecule has 0 aliphatic heterocycles. The van der Waals surface area contributed by atoms with Crippen LogP contribution in [0, 0.1) is 0 Å². The van der Waals surface area contributed by atoms with Crippen molar-refractivity contribution in [3.8, 4) is 5.69 Å². The zero-order valence-electron chi connectivity index (χ0n) is 8.58. The molecule has 0 bridgehead atoms. The second kappa shape index (κ2) is 4.67. The first-order valence-corrected chi connectivity index (χ1v) is 6.31. The Bertz CT molecular complexity index is 506. The van der Waals surface area contributed by atoms with E-state index in [1.54, 1.807) is 12.3 Å². The normalized spacial score (nSPS) is 11.8. The number of hydrogen-bond donors (Lipinski definition) is 0. The SMILES string of the molecule is FC(F)(F)c1ccc(CI)c(-n2cccn2)c1. The fraction of sp³-hybridized carbons (Fsp3) is 0.182. The summed E-state index contributed by atoms with van der Waals surface area (Å²) in [6.07, 6.45) is -1.16. The fourth-order valence-corrected chi connectivity index (χ4v) is 2.12. The van der Waals surface area contributed by atoms with Gasteiger partial charge in [0, 0.05) is 16.8 Å². The topological polar surface area (TPSA) is 17.8 Å². The van der Waals surface area contributed by atoms with E-state index in [9.17, 15) is 13.2 Å². The van der Waals surface area contributed by atoms with Crippen LogP contribution in [0.3, 0.4) is 0 Å². The van der Waals surface area contributed by atoms with Crippen molar-refractivity contribution in [1.82, 2.24) is 9.78 Å². The predicted molar refractivity (Wildman–Crippen MR) is 66.3 cm³/mol. The molecule has 0 saturated carbocycles. The Kier molecular flexibility index (Phi) is 3.41. The van der Waals surface area contributed by atoms with Gasteiger partial charge in [-0.15, -0.1) is 0 Å². The summed E-state index contributed by atoms with van der Waals surface area (Å²) in [6, 6.07) is 5.39. The summed E-state index contributed by atoms with van der Waals surface area (Å²) in [5.41, 5.74) is 0.637. The summed E-state index contributed by atoms with van der Waals surface area (Å²) < 4.78 is 39.9. The number of benzene rings is 1. The highest BCUT2D eigenvalue weighted by Gasteiger charge is 2.31. The number of alkyl halides is 4. The molecule has 0 atom stereocenters. The Morgan fingerprint density at radius 3 is 2.59 bits per heavy atom. The number of hydrogen-bond acceptors (Lipinski definition) is 1. The maximum absolute atomic E-state index is 12.6. The van der Waals surface area contributed by atoms with E-state index in [1.807, 2.05) is 0 Å². The monoisotopic (exact) mass is 352 g/mol. The van der Waals surface area contributed by atoms with Gasteiger partial charge in [-0.3, -0.25) is 0 Å². The molecule has 2 rings (SSSR count). The van der Waals surface area contributed by atoms with Crippen LogP contribution < -0.4 is 0 Å². The smallest absolute Gasteiger partial charge is 0.241 e. The van der Waals surface area contributed by atoms with Gasteiger partial charge in [-0.2, -0.15) is 18.3 Å². The molecule has 0 aliphatic rings. The summed E-state index contributed by atoms with van der Waals surface area (Å²) in [7, 11) is 0. The van der Waals surface area contributed by atoms with Crippen LogP contribution in [0.4, 0.5) is 13.2 Å². The lowest BCUT2D eigenvalue weighted by molar-refractivity contribution is -0.137. The summed E-state index contributed by atoms with van der Waals surface area (Å²) in [4.78, 5) is 0. The first-order chi connectivity index (χ1) is 8.02. The van der Waals surface area contributed by atoms with Crippen LogP contribution in [0.25, 0.3) is 5.69 Å². The Balaban J connectivity index is 2.55. The number of aromatic nitrogens is 2. The van der Waals surface area contributed by atoms with Crippen LogP contribution in [0.15, 0.2) is 36.7 Å². The molecule has 1 aromatic carbocycles. The lowest BCUT2D eigenvalue weighted by Crippen LogP contribution is -2.08. The summed E-state index contributed by atoms with van der Waals surface area (Å²) in [5.74, 6) is 0. The highest BCUT2D eigenvalue weighted by molar-refractivity contribution is 14.1. The third kappa shape index (κ3) is 2.62. The molecule has 2 aromatic rings. The lowest BCUT2D eigenvalue weighted by atomic mass is 10.1. The van der Waals surface area contributed by atoms with Gasteiger partial charge in [-0.1, -0.05) is 28.7 Å². The lowest BCUT2D eigenvalue weighted by Gasteiger charge is -2.12. The van der Waals surface area contributed by atoms with Crippen molar-refractivity contribution in [3.63, 3.8) is 0 Å². The second-order valence-electron chi connectivity index (χ2n) is 3.43. The summed E-state index contributed by atoms with van der Waals surface area (Å²) >= 11 is 2.11. The predicted octanol–water partition coefficient (Wildman–Crippen LogP) is 3.83. The van der Waals surface area contributed by atoms with Gasteiger partial charge >= 0.3 is 6.18 Å².